The Balaban J connectivity index is 1.72. The molecule has 0 radical (unpaired) electrons. The van der Waals surface area contributed by atoms with Crippen LogP contribution in [0.3, 0.4) is 0 Å². The standard InChI is InChI=1S/C21H29N3O/c1-14(2)17-12-11-15(3)13-18(17)25-21-10-6-9-20(24-21)23-19-8-5-7-16(4)22-19/h5-10,14-15,17-18H,11-13H2,1-4H3,(H,22,23,24). The van der Waals surface area contributed by atoms with Crippen LogP contribution in [0.25, 0.3) is 0 Å². The van der Waals surface area contributed by atoms with Crippen LogP contribution < -0.4 is 10.1 Å². The summed E-state index contributed by atoms with van der Waals surface area (Å²) < 4.78 is 6.33. The zero-order chi connectivity index (χ0) is 17.8. The number of anilines is 2. The predicted octanol–water partition coefficient (Wildman–Crippen LogP) is 5.37. The van der Waals surface area contributed by atoms with Crippen molar-refractivity contribution < 1.29 is 4.74 Å². The van der Waals surface area contributed by atoms with E-state index in [1.54, 1.807) is 0 Å². The Labute approximate surface area is 151 Å². The topological polar surface area (TPSA) is 47.0 Å². The van der Waals surface area contributed by atoms with Gasteiger partial charge in [0.2, 0.25) is 5.88 Å². The smallest absolute Gasteiger partial charge is 0.215 e. The van der Waals surface area contributed by atoms with Gasteiger partial charge >= 0.3 is 0 Å². The van der Waals surface area contributed by atoms with E-state index in [4.69, 9.17) is 4.74 Å². The summed E-state index contributed by atoms with van der Waals surface area (Å²) in [7, 11) is 0. The predicted molar refractivity (Wildman–Crippen MR) is 102 cm³/mol. The molecule has 3 atom stereocenters. The molecular formula is C21H29N3O. The van der Waals surface area contributed by atoms with Gasteiger partial charge in [-0.1, -0.05) is 39.3 Å². The molecule has 3 rings (SSSR count). The second-order valence-electron chi connectivity index (χ2n) is 7.63. The Hall–Kier alpha value is -2.10. The fraction of sp³-hybridized carbons (Fsp3) is 0.524. The molecule has 134 valence electrons. The molecule has 25 heavy (non-hydrogen) atoms. The van der Waals surface area contributed by atoms with Crippen LogP contribution in [0.5, 0.6) is 5.88 Å². The lowest BCUT2D eigenvalue weighted by Crippen LogP contribution is -2.36. The molecule has 0 bridgehead atoms. The molecule has 0 spiro atoms. The number of nitrogens with one attached hydrogen (secondary N) is 1. The van der Waals surface area contributed by atoms with Gasteiger partial charge in [-0.05, 0) is 55.7 Å². The lowest BCUT2D eigenvalue weighted by atomic mass is 9.75. The summed E-state index contributed by atoms with van der Waals surface area (Å²) >= 11 is 0. The van der Waals surface area contributed by atoms with E-state index in [-0.39, 0.29) is 6.10 Å². The number of nitrogens with zero attached hydrogens (tertiary/aromatic N) is 2. The number of aryl methyl sites for hydroxylation is 1. The van der Waals surface area contributed by atoms with Gasteiger partial charge in [-0.25, -0.2) is 4.98 Å². The first-order valence-electron chi connectivity index (χ1n) is 9.35. The van der Waals surface area contributed by atoms with Crippen LogP contribution in [0.2, 0.25) is 0 Å². The maximum atomic E-state index is 6.33. The molecule has 0 saturated heterocycles. The van der Waals surface area contributed by atoms with Crippen molar-refractivity contribution in [3.63, 3.8) is 0 Å². The molecule has 4 heteroatoms. The minimum absolute atomic E-state index is 0.253. The van der Waals surface area contributed by atoms with Crippen molar-refractivity contribution >= 4 is 11.6 Å². The maximum absolute atomic E-state index is 6.33. The Bertz CT molecular complexity index is 701. The molecule has 1 N–H and O–H groups in total. The number of aromatic nitrogens is 2. The van der Waals surface area contributed by atoms with Crippen LogP contribution in [-0.2, 0) is 0 Å². The fourth-order valence-electron chi connectivity index (χ4n) is 3.70. The largest absolute Gasteiger partial charge is 0.474 e. The van der Waals surface area contributed by atoms with E-state index in [1.165, 1.54) is 12.8 Å². The first kappa shape index (κ1) is 17.7. The molecule has 0 amide bonds. The molecule has 2 heterocycles. The molecular weight excluding hydrogens is 310 g/mol. The van der Waals surface area contributed by atoms with Crippen LogP contribution in [0.4, 0.5) is 11.6 Å². The van der Waals surface area contributed by atoms with Crippen LogP contribution in [0, 0.1) is 24.7 Å². The van der Waals surface area contributed by atoms with Gasteiger partial charge < -0.3 is 10.1 Å². The highest BCUT2D eigenvalue weighted by atomic mass is 16.5. The number of ether oxygens (including phenoxy) is 1. The van der Waals surface area contributed by atoms with Gasteiger partial charge in [0.15, 0.2) is 0 Å². The van der Waals surface area contributed by atoms with E-state index in [0.717, 1.165) is 29.7 Å². The average molecular weight is 339 g/mol. The van der Waals surface area contributed by atoms with Crippen molar-refractivity contribution in [3.05, 3.63) is 42.1 Å². The summed E-state index contributed by atoms with van der Waals surface area (Å²) in [6, 6.07) is 11.8. The molecule has 1 aliphatic rings. The van der Waals surface area contributed by atoms with Crippen molar-refractivity contribution in [2.45, 2.75) is 53.1 Å². The van der Waals surface area contributed by atoms with Gasteiger partial charge in [0, 0.05) is 11.8 Å². The van der Waals surface area contributed by atoms with E-state index in [9.17, 15) is 0 Å². The lowest BCUT2D eigenvalue weighted by molar-refractivity contribution is 0.0428. The molecule has 1 saturated carbocycles. The van der Waals surface area contributed by atoms with Gasteiger partial charge in [-0.3, -0.25) is 0 Å². The van der Waals surface area contributed by atoms with Crippen LogP contribution in [0.1, 0.15) is 45.7 Å². The third-order valence-electron chi connectivity index (χ3n) is 5.10. The van der Waals surface area contributed by atoms with E-state index in [0.29, 0.717) is 17.7 Å². The molecule has 3 unspecified atom stereocenters. The van der Waals surface area contributed by atoms with E-state index in [2.05, 4.69) is 36.1 Å². The Morgan fingerprint density at radius 2 is 1.76 bits per heavy atom. The first-order valence-corrected chi connectivity index (χ1v) is 9.35. The van der Waals surface area contributed by atoms with Crippen molar-refractivity contribution in [1.29, 1.82) is 0 Å². The Kier molecular flexibility index (Phi) is 5.57. The molecule has 1 fully saturated rings. The zero-order valence-corrected chi connectivity index (χ0v) is 15.7. The third kappa shape index (κ3) is 4.71. The lowest BCUT2D eigenvalue weighted by Gasteiger charge is -2.37. The van der Waals surface area contributed by atoms with Gasteiger partial charge in [0.05, 0.1) is 0 Å². The SMILES string of the molecule is Cc1cccc(Nc2cccc(OC3CC(C)CCC3C(C)C)n2)n1. The second-order valence-corrected chi connectivity index (χ2v) is 7.63. The molecule has 4 nitrogen and oxygen atoms in total. The van der Waals surface area contributed by atoms with Crippen LogP contribution in [-0.4, -0.2) is 16.1 Å². The molecule has 0 aromatic carbocycles. The van der Waals surface area contributed by atoms with Crippen LogP contribution in [0.15, 0.2) is 36.4 Å². The minimum atomic E-state index is 0.253. The number of rotatable bonds is 5. The Morgan fingerprint density at radius 3 is 2.48 bits per heavy atom. The van der Waals surface area contributed by atoms with Crippen molar-refractivity contribution in [3.8, 4) is 5.88 Å². The molecule has 2 aromatic rings. The number of hydrogen-bond acceptors (Lipinski definition) is 4. The molecule has 0 aliphatic heterocycles. The summed E-state index contributed by atoms with van der Waals surface area (Å²) in [6.07, 6.45) is 3.91. The highest BCUT2D eigenvalue weighted by Gasteiger charge is 2.32. The summed E-state index contributed by atoms with van der Waals surface area (Å²) in [5.74, 6) is 4.22. The van der Waals surface area contributed by atoms with E-state index in [1.807, 2.05) is 43.3 Å². The monoisotopic (exact) mass is 339 g/mol. The van der Waals surface area contributed by atoms with Gasteiger partial charge in [0.1, 0.15) is 17.7 Å². The number of hydrogen-bond donors (Lipinski definition) is 1. The fourth-order valence-corrected chi connectivity index (χ4v) is 3.70. The normalized spacial score (nSPS) is 23.5. The van der Waals surface area contributed by atoms with E-state index < -0.39 is 0 Å². The highest BCUT2D eigenvalue weighted by Crippen LogP contribution is 2.35. The summed E-state index contributed by atoms with van der Waals surface area (Å²) in [5.41, 5.74) is 0.980. The number of pyridine rings is 2. The summed E-state index contributed by atoms with van der Waals surface area (Å²) in [6.45, 7) is 8.90. The van der Waals surface area contributed by atoms with Gasteiger partial charge in [-0.2, -0.15) is 4.98 Å². The Morgan fingerprint density at radius 1 is 1.04 bits per heavy atom. The van der Waals surface area contributed by atoms with Gasteiger partial charge in [-0.15, -0.1) is 0 Å². The quantitative estimate of drug-likeness (QED) is 0.795. The minimum Gasteiger partial charge on any atom is -0.474 e. The van der Waals surface area contributed by atoms with E-state index >= 15 is 0 Å². The first-order chi connectivity index (χ1) is 12.0. The summed E-state index contributed by atoms with van der Waals surface area (Å²) in [5, 5.41) is 3.26. The third-order valence-corrected chi connectivity index (χ3v) is 5.10. The van der Waals surface area contributed by atoms with Crippen LogP contribution >= 0.6 is 0 Å². The van der Waals surface area contributed by atoms with Crippen molar-refractivity contribution in [1.82, 2.24) is 9.97 Å². The second kappa shape index (κ2) is 7.85. The zero-order valence-electron chi connectivity index (χ0n) is 15.7. The maximum Gasteiger partial charge on any atom is 0.215 e. The van der Waals surface area contributed by atoms with Crippen molar-refractivity contribution in [2.24, 2.45) is 17.8 Å². The molecule has 2 aromatic heterocycles. The average Bonchev–Trinajstić information content (AvgIpc) is 2.55. The molecule has 1 aliphatic carbocycles. The highest BCUT2D eigenvalue weighted by molar-refractivity contribution is 5.52. The van der Waals surface area contributed by atoms with Crippen molar-refractivity contribution in [2.75, 3.05) is 5.32 Å². The van der Waals surface area contributed by atoms with Gasteiger partial charge in [0.25, 0.3) is 0 Å². The summed E-state index contributed by atoms with van der Waals surface area (Å²) in [4.78, 5) is 9.10.